The summed E-state index contributed by atoms with van der Waals surface area (Å²) >= 11 is 0. The van der Waals surface area contributed by atoms with E-state index in [1.807, 2.05) is 0 Å². The lowest BCUT2D eigenvalue weighted by Crippen LogP contribution is -2.49. The molecular weight excluding hydrogens is 214 g/mol. The number of likely N-dealkylation sites (tertiary alicyclic amines) is 1. The van der Waals surface area contributed by atoms with Crippen LogP contribution in [0.4, 0.5) is 0 Å². The van der Waals surface area contributed by atoms with Gasteiger partial charge in [-0.1, -0.05) is 13.8 Å². The third-order valence-corrected chi connectivity index (χ3v) is 3.59. The lowest BCUT2D eigenvalue weighted by Gasteiger charge is -2.39. The first-order chi connectivity index (χ1) is 7.93. The van der Waals surface area contributed by atoms with Crippen LogP contribution in [0.1, 0.15) is 26.7 Å². The Kier molecular flexibility index (Phi) is 5.40. The van der Waals surface area contributed by atoms with Crippen molar-refractivity contribution in [1.29, 1.82) is 0 Å². The van der Waals surface area contributed by atoms with Crippen molar-refractivity contribution < 1.29 is 4.79 Å². The molecule has 1 heterocycles. The van der Waals surface area contributed by atoms with Crippen LogP contribution in [-0.4, -0.2) is 55.5 Å². The molecule has 1 saturated heterocycles. The molecule has 3 unspecified atom stereocenters. The van der Waals surface area contributed by atoms with Crippen molar-refractivity contribution in [3.8, 4) is 0 Å². The van der Waals surface area contributed by atoms with Crippen molar-refractivity contribution in [2.75, 3.05) is 33.7 Å². The second-order valence-electron chi connectivity index (χ2n) is 5.78. The van der Waals surface area contributed by atoms with E-state index in [0.29, 0.717) is 24.8 Å². The van der Waals surface area contributed by atoms with Crippen molar-refractivity contribution in [2.45, 2.75) is 32.7 Å². The van der Waals surface area contributed by atoms with E-state index in [2.05, 4.69) is 18.7 Å². The summed E-state index contributed by atoms with van der Waals surface area (Å²) in [5.74, 6) is 1.59. The van der Waals surface area contributed by atoms with Gasteiger partial charge in [-0.3, -0.25) is 9.69 Å². The van der Waals surface area contributed by atoms with Crippen molar-refractivity contribution in [3.05, 3.63) is 0 Å². The number of nitrogens with two attached hydrogens (primary N) is 1. The summed E-state index contributed by atoms with van der Waals surface area (Å²) in [6.45, 7) is 7.28. The summed E-state index contributed by atoms with van der Waals surface area (Å²) in [6.07, 6.45) is 1.83. The smallest absolute Gasteiger partial charge is 0.223 e. The first kappa shape index (κ1) is 14.5. The molecule has 1 rings (SSSR count). The molecule has 0 aromatic heterocycles. The standard InChI is InChI=1S/C13H27N3O/c1-10-5-11(2)9-16(8-10)12(7-14)6-13(17)15(3)4/h10-12H,5-9,14H2,1-4H3. The van der Waals surface area contributed by atoms with E-state index in [1.54, 1.807) is 19.0 Å². The van der Waals surface area contributed by atoms with Crippen LogP contribution >= 0.6 is 0 Å². The minimum Gasteiger partial charge on any atom is -0.349 e. The maximum absolute atomic E-state index is 11.8. The quantitative estimate of drug-likeness (QED) is 0.791. The largest absolute Gasteiger partial charge is 0.349 e. The third kappa shape index (κ3) is 4.28. The molecule has 17 heavy (non-hydrogen) atoms. The highest BCUT2D eigenvalue weighted by Crippen LogP contribution is 2.23. The van der Waals surface area contributed by atoms with Gasteiger partial charge in [0.15, 0.2) is 0 Å². The van der Waals surface area contributed by atoms with E-state index < -0.39 is 0 Å². The Hall–Kier alpha value is -0.610. The van der Waals surface area contributed by atoms with Crippen molar-refractivity contribution in [3.63, 3.8) is 0 Å². The molecular formula is C13H27N3O. The summed E-state index contributed by atoms with van der Waals surface area (Å²) in [6, 6.07) is 0.204. The number of rotatable bonds is 4. The molecule has 0 aromatic carbocycles. The molecule has 1 amide bonds. The molecule has 0 aromatic rings. The molecule has 0 bridgehead atoms. The molecule has 0 aliphatic carbocycles. The van der Waals surface area contributed by atoms with Gasteiger partial charge >= 0.3 is 0 Å². The van der Waals surface area contributed by atoms with Crippen molar-refractivity contribution in [2.24, 2.45) is 17.6 Å². The Labute approximate surface area is 105 Å². The van der Waals surface area contributed by atoms with Crippen LogP contribution in [0, 0.1) is 11.8 Å². The molecule has 100 valence electrons. The Morgan fingerprint density at radius 2 is 1.88 bits per heavy atom. The Balaban J connectivity index is 2.57. The van der Waals surface area contributed by atoms with Gasteiger partial charge in [-0.15, -0.1) is 0 Å². The Morgan fingerprint density at radius 3 is 2.29 bits per heavy atom. The van der Waals surface area contributed by atoms with Crippen molar-refractivity contribution >= 4 is 5.91 Å². The SMILES string of the molecule is CC1CC(C)CN(C(CN)CC(=O)N(C)C)C1. The van der Waals surface area contributed by atoms with Gasteiger partial charge < -0.3 is 10.6 Å². The molecule has 0 saturated carbocycles. The van der Waals surface area contributed by atoms with Crippen LogP contribution in [0.2, 0.25) is 0 Å². The normalized spacial score (nSPS) is 27.8. The van der Waals surface area contributed by atoms with E-state index >= 15 is 0 Å². The summed E-state index contributed by atoms with van der Waals surface area (Å²) < 4.78 is 0. The highest BCUT2D eigenvalue weighted by atomic mass is 16.2. The predicted octanol–water partition coefficient (Wildman–Crippen LogP) is 0.770. The molecule has 0 spiro atoms. The monoisotopic (exact) mass is 241 g/mol. The number of hydrogen-bond acceptors (Lipinski definition) is 3. The second-order valence-corrected chi connectivity index (χ2v) is 5.78. The zero-order valence-corrected chi connectivity index (χ0v) is 11.6. The van der Waals surface area contributed by atoms with Crippen LogP contribution in [0.3, 0.4) is 0 Å². The number of hydrogen-bond donors (Lipinski definition) is 1. The van der Waals surface area contributed by atoms with E-state index in [1.165, 1.54) is 6.42 Å². The minimum atomic E-state index is 0.173. The summed E-state index contributed by atoms with van der Waals surface area (Å²) in [5, 5.41) is 0. The summed E-state index contributed by atoms with van der Waals surface area (Å²) in [5.41, 5.74) is 5.83. The molecule has 1 aliphatic heterocycles. The van der Waals surface area contributed by atoms with Gasteiger partial charge in [0.2, 0.25) is 5.91 Å². The molecule has 4 heteroatoms. The lowest BCUT2D eigenvalue weighted by molar-refractivity contribution is -0.130. The topological polar surface area (TPSA) is 49.6 Å². The second kappa shape index (κ2) is 6.36. The first-order valence-electron chi connectivity index (χ1n) is 6.58. The maximum Gasteiger partial charge on any atom is 0.223 e. The fourth-order valence-electron chi connectivity index (χ4n) is 2.75. The van der Waals surface area contributed by atoms with E-state index in [-0.39, 0.29) is 11.9 Å². The molecule has 2 N–H and O–H groups in total. The summed E-state index contributed by atoms with van der Waals surface area (Å²) in [4.78, 5) is 15.8. The number of nitrogens with zero attached hydrogens (tertiary/aromatic N) is 2. The zero-order valence-electron chi connectivity index (χ0n) is 11.6. The fraction of sp³-hybridized carbons (Fsp3) is 0.923. The number of carbonyl (C=O) groups excluding carboxylic acids is 1. The highest BCUT2D eigenvalue weighted by molar-refractivity contribution is 5.76. The number of carbonyl (C=O) groups is 1. The van der Waals surface area contributed by atoms with E-state index in [9.17, 15) is 4.79 Å². The average molecular weight is 241 g/mol. The van der Waals surface area contributed by atoms with Crippen molar-refractivity contribution in [1.82, 2.24) is 9.80 Å². The first-order valence-corrected chi connectivity index (χ1v) is 6.58. The average Bonchev–Trinajstić information content (AvgIpc) is 2.23. The Morgan fingerprint density at radius 1 is 1.35 bits per heavy atom. The van der Waals surface area contributed by atoms with E-state index in [4.69, 9.17) is 5.73 Å². The minimum absolute atomic E-state index is 0.173. The third-order valence-electron chi connectivity index (χ3n) is 3.59. The molecule has 4 nitrogen and oxygen atoms in total. The maximum atomic E-state index is 11.8. The van der Waals surface area contributed by atoms with Crippen LogP contribution in [-0.2, 0) is 4.79 Å². The predicted molar refractivity (Wildman–Crippen MR) is 70.7 cm³/mol. The number of amides is 1. The van der Waals surface area contributed by atoms with Crippen LogP contribution in [0.5, 0.6) is 0 Å². The van der Waals surface area contributed by atoms with Crippen LogP contribution in [0.15, 0.2) is 0 Å². The zero-order chi connectivity index (χ0) is 13.0. The van der Waals surface area contributed by atoms with E-state index in [0.717, 1.165) is 13.1 Å². The number of piperidine rings is 1. The molecule has 1 aliphatic rings. The van der Waals surface area contributed by atoms with Crippen LogP contribution < -0.4 is 5.73 Å². The van der Waals surface area contributed by atoms with Gasteiger partial charge in [0.1, 0.15) is 0 Å². The van der Waals surface area contributed by atoms with Gasteiger partial charge in [-0.2, -0.15) is 0 Å². The van der Waals surface area contributed by atoms with Gasteiger partial charge in [-0.05, 0) is 18.3 Å². The lowest BCUT2D eigenvalue weighted by atomic mass is 9.90. The Bertz CT molecular complexity index is 245. The van der Waals surface area contributed by atoms with Gasteiger partial charge in [-0.25, -0.2) is 0 Å². The van der Waals surface area contributed by atoms with Gasteiger partial charge in [0.25, 0.3) is 0 Å². The fourth-order valence-corrected chi connectivity index (χ4v) is 2.75. The van der Waals surface area contributed by atoms with Gasteiger partial charge in [0.05, 0.1) is 0 Å². The molecule has 1 fully saturated rings. The molecule has 0 radical (unpaired) electrons. The summed E-state index contributed by atoms with van der Waals surface area (Å²) in [7, 11) is 3.61. The molecule has 3 atom stereocenters. The van der Waals surface area contributed by atoms with Gasteiger partial charge in [0, 0.05) is 46.2 Å². The highest BCUT2D eigenvalue weighted by Gasteiger charge is 2.28. The van der Waals surface area contributed by atoms with Crippen LogP contribution in [0.25, 0.3) is 0 Å².